The van der Waals surface area contributed by atoms with Crippen molar-refractivity contribution in [3.8, 4) is 5.75 Å². The third-order valence-electron chi connectivity index (χ3n) is 8.65. The molecule has 4 rings (SSSR count). The normalized spacial score (nSPS) is 17.3. The molecule has 274 valence electrons. The molecule has 1 heterocycles. The fourth-order valence-corrected chi connectivity index (χ4v) is 6.52. The van der Waals surface area contributed by atoms with E-state index < -0.39 is 45.0 Å². The zero-order chi connectivity index (χ0) is 36.8. The molecule has 0 saturated heterocycles. The average molecular weight is 716 g/mol. The average Bonchev–Trinajstić information content (AvgIpc) is 3.74. The van der Waals surface area contributed by atoms with E-state index in [1.807, 2.05) is 12.1 Å². The molecular formula is C37H51F2N5O5S. The van der Waals surface area contributed by atoms with Gasteiger partial charge >= 0.3 is 0 Å². The molecule has 4 atom stereocenters. The second kappa shape index (κ2) is 16.5. The van der Waals surface area contributed by atoms with Crippen molar-refractivity contribution in [2.45, 2.75) is 78.3 Å². The molecule has 0 spiro atoms. The highest BCUT2D eigenvalue weighted by Crippen LogP contribution is 2.37. The summed E-state index contributed by atoms with van der Waals surface area (Å²) < 4.78 is 60.5. The van der Waals surface area contributed by atoms with Crippen molar-refractivity contribution in [3.05, 3.63) is 82.9 Å². The van der Waals surface area contributed by atoms with Gasteiger partial charge in [-0.25, -0.2) is 22.2 Å². The summed E-state index contributed by atoms with van der Waals surface area (Å²) in [6.07, 6.45) is 0.782. The van der Waals surface area contributed by atoms with Gasteiger partial charge in [-0.05, 0) is 67.2 Å². The fraction of sp³-hybridized carbons (Fsp3) is 0.514. The Bertz CT molecular complexity index is 1710. The first kappa shape index (κ1) is 39.0. The Labute approximate surface area is 295 Å². The number of aromatic nitrogens is 1. The Morgan fingerprint density at radius 3 is 2.36 bits per heavy atom. The van der Waals surface area contributed by atoms with Gasteiger partial charge in [0.2, 0.25) is 10.0 Å². The van der Waals surface area contributed by atoms with Crippen LogP contribution in [0, 0.1) is 28.9 Å². The molecule has 1 fully saturated rings. The molecule has 1 aliphatic carbocycles. The minimum atomic E-state index is -3.76. The number of sulfonamides is 1. The van der Waals surface area contributed by atoms with Crippen molar-refractivity contribution in [1.82, 2.24) is 15.6 Å². The zero-order valence-corrected chi connectivity index (χ0v) is 30.8. The number of nitrogens with zero attached hydrogens (tertiary/aromatic N) is 2. The summed E-state index contributed by atoms with van der Waals surface area (Å²) in [6, 6.07) is 12.8. The van der Waals surface area contributed by atoms with Crippen LogP contribution in [0.4, 0.5) is 20.4 Å². The van der Waals surface area contributed by atoms with E-state index in [0.717, 1.165) is 34.8 Å². The molecule has 0 radical (unpaired) electrons. The first-order valence-electron chi connectivity index (χ1n) is 17.0. The summed E-state index contributed by atoms with van der Waals surface area (Å²) in [5.74, 6) is -0.998. The lowest BCUT2D eigenvalue weighted by Gasteiger charge is -2.26. The number of halogens is 2. The Hall–Kier alpha value is -3.81. The maximum absolute atomic E-state index is 13.9. The number of aliphatic hydroxyl groups is 1. The molecule has 1 aliphatic rings. The first-order valence-corrected chi connectivity index (χ1v) is 18.5. The molecule has 2 aromatic carbocycles. The summed E-state index contributed by atoms with van der Waals surface area (Å²) in [6.45, 7) is 12.6. The summed E-state index contributed by atoms with van der Waals surface area (Å²) >= 11 is 0. The van der Waals surface area contributed by atoms with Crippen LogP contribution in [0.25, 0.3) is 0 Å². The number of rotatable bonds is 17. The summed E-state index contributed by atoms with van der Waals surface area (Å²) in [7, 11) is -2.38. The van der Waals surface area contributed by atoms with Gasteiger partial charge < -0.3 is 25.8 Å². The van der Waals surface area contributed by atoms with Crippen LogP contribution in [0.15, 0.2) is 54.6 Å². The highest BCUT2D eigenvalue weighted by molar-refractivity contribution is 7.93. The third kappa shape index (κ3) is 11.4. The number of benzene rings is 2. The lowest BCUT2D eigenvalue weighted by Crippen LogP contribution is -2.50. The van der Waals surface area contributed by atoms with E-state index in [2.05, 4.69) is 60.8 Å². The molecule has 10 nitrogen and oxygen atoms in total. The number of nitrogens with one attached hydrogen (secondary N) is 3. The molecule has 1 saturated carbocycles. The van der Waals surface area contributed by atoms with Gasteiger partial charge in [-0.15, -0.1) is 0 Å². The van der Waals surface area contributed by atoms with Crippen LogP contribution in [-0.2, 0) is 23.0 Å². The van der Waals surface area contributed by atoms with E-state index >= 15 is 0 Å². The van der Waals surface area contributed by atoms with Gasteiger partial charge in [0, 0.05) is 50.4 Å². The lowest BCUT2D eigenvalue weighted by atomic mass is 9.88. The van der Waals surface area contributed by atoms with Gasteiger partial charge in [-0.3, -0.25) is 9.10 Å². The van der Waals surface area contributed by atoms with Crippen molar-refractivity contribution in [2.24, 2.45) is 17.3 Å². The Kier molecular flexibility index (Phi) is 12.8. The highest BCUT2D eigenvalue weighted by Gasteiger charge is 2.32. The van der Waals surface area contributed by atoms with Crippen LogP contribution in [0.1, 0.15) is 69.4 Å². The summed E-state index contributed by atoms with van der Waals surface area (Å²) in [4.78, 5) is 18.3. The summed E-state index contributed by atoms with van der Waals surface area (Å²) in [5.41, 5.74) is 2.45. The number of aliphatic hydroxyl groups excluding tert-OH is 1. The van der Waals surface area contributed by atoms with Crippen LogP contribution in [0.2, 0.25) is 0 Å². The Balaban J connectivity index is 1.54. The largest absolute Gasteiger partial charge is 0.491 e. The van der Waals surface area contributed by atoms with Crippen LogP contribution in [-0.4, -0.2) is 68.6 Å². The Morgan fingerprint density at radius 2 is 1.74 bits per heavy atom. The maximum atomic E-state index is 13.9. The topological polar surface area (TPSA) is 133 Å². The predicted octanol–water partition coefficient (Wildman–Crippen LogP) is 5.52. The molecule has 0 unspecified atom stereocenters. The van der Waals surface area contributed by atoms with Crippen LogP contribution >= 0.6 is 0 Å². The van der Waals surface area contributed by atoms with Crippen LogP contribution in [0.5, 0.6) is 5.75 Å². The first-order chi connectivity index (χ1) is 23.4. The molecule has 0 aliphatic heterocycles. The van der Waals surface area contributed by atoms with Gasteiger partial charge in [0.1, 0.15) is 35.6 Å². The third-order valence-corrected chi connectivity index (χ3v) is 10.8. The second-order valence-corrected chi connectivity index (χ2v) is 17.3. The number of hydrogen-bond donors (Lipinski definition) is 4. The molecule has 1 aromatic heterocycles. The zero-order valence-electron chi connectivity index (χ0n) is 30.0. The van der Waals surface area contributed by atoms with E-state index in [9.17, 15) is 27.1 Å². The van der Waals surface area contributed by atoms with E-state index in [1.165, 1.54) is 24.7 Å². The molecular weight excluding hydrogens is 664 g/mol. The van der Waals surface area contributed by atoms with E-state index in [4.69, 9.17) is 4.74 Å². The minimum Gasteiger partial charge on any atom is -0.491 e. The van der Waals surface area contributed by atoms with Crippen molar-refractivity contribution in [3.63, 3.8) is 0 Å². The van der Waals surface area contributed by atoms with Gasteiger partial charge in [0.05, 0.1) is 17.4 Å². The van der Waals surface area contributed by atoms with Gasteiger partial charge in [-0.1, -0.05) is 52.0 Å². The molecule has 1 amide bonds. The predicted molar refractivity (Wildman–Crippen MR) is 193 cm³/mol. The number of pyridine rings is 1. The number of carbonyl (C=O) groups excluding carboxylic acids is 1. The monoisotopic (exact) mass is 715 g/mol. The van der Waals surface area contributed by atoms with Gasteiger partial charge in [-0.2, -0.15) is 0 Å². The SMILES string of the molecule is CC(C)S(=O)(=O)N(C)c1cc(C(=O)N[C@@H](COc2cc(F)cc(F)c2)[C@H](O)CNCc2cccc(CC(C)(C)C)c2)cc(NC[C@H]2C[C@@H]2C)n1. The minimum absolute atomic E-state index is 0.0524. The molecule has 4 N–H and O–H groups in total. The van der Waals surface area contributed by atoms with Crippen LogP contribution in [0.3, 0.4) is 0 Å². The van der Waals surface area contributed by atoms with Crippen molar-refractivity contribution in [1.29, 1.82) is 0 Å². The van der Waals surface area contributed by atoms with Crippen molar-refractivity contribution in [2.75, 3.05) is 36.4 Å². The standard InChI is InChI=1S/C37H51F2N5O5S/c1-23(2)50(47,48)44(7)35-14-27(13-34(43-35)41-20-28-11-24(28)3)36(46)42-32(22-49-31-16-29(38)15-30(39)17-31)33(45)21-40-19-26-10-8-9-25(12-26)18-37(4,5)6/h8-10,12-17,23-24,28,32-33,40,45H,11,18-22H2,1-7H3,(H,41,43)(H,42,46)/t24-,28+,32-,33+/m0/s1. The highest BCUT2D eigenvalue weighted by atomic mass is 32.2. The maximum Gasteiger partial charge on any atom is 0.251 e. The number of carbonyl (C=O) groups is 1. The second-order valence-electron chi connectivity index (χ2n) is 14.8. The van der Waals surface area contributed by atoms with E-state index in [0.29, 0.717) is 36.8 Å². The van der Waals surface area contributed by atoms with E-state index in [1.54, 1.807) is 13.8 Å². The smallest absolute Gasteiger partial charge is 0.251 e. The van der Waals surface area contributed by atoms with E-state index in [-0.39, 0.29) is 35.7 Å². The number of amides is 1. The summed E-state index contributed by atoms with van der Waals surface area (Å²) in [5, 5.41) is 19.8. The molecule has 13 heteroatoms. The lowest BCUT2D eigenvalue weighted by molar-refractivity contribution is 0.0732. The van der Waals surface area contributed by atoms with Crippen molar-refractivity contribution < 1.29 is 31.8 Å². The molecule has 50 heavy (non-hydrogen) atoms. The fourth-order valence-electron chi connectivity index (χ4n) is 5.53. The molecule has 3 aromatic rings. The van der Waals surface area contributed by atoms with Gasteiger partial charge in [0.25, 0.3) is 5.91 Å². The van der Waals surface area contributed by atoms with Crippen molar-refractivity contribution >= 4 is 27.6 Å². The van der Waals surface area contributed by atoms with Crippen LogP contribution < -0.4 is 25.0 Å². The number of ether oxygens (including phenoxy) is 1. The van der Waals surface area contributed by atoms with Gasteiger partial charge in [0.15, 0.2) is 0 Å². The Morgan fingerprint density at radius 1 is 1.08 bits per heavy atom. The number of anilines is 2. The number of hydrogen-bond acceptors (Lipinski definition) is 8. The quantitative estimate of drug-likeness (QED) is 0.144. The molecule has 0 bridgehead atoms.